The lowest BCUT2D eigenvalue weighted by atomic mass is 9.94. The first kappa shape index (κ1) is 23.1. The predicted molar refractivity (Wildman–Crippen MR) is 102 cm³/mol. The van der Waals surface area contributed by atoms with E-state index < -0.39 is 6.18 Å². The fourth-order valence-electron chi connectivity index (χ4n) is 3.01. The number of halogens is 3. The van der Waals surface area contributed by atoms with Crippen LogP contribution in [0, 0.1) is 5.92 Å². The first-order valence-corrected chi connectivity index (χ1v) is 9.35. The summed E-state index contributed by atoms with van der Waals surface area (Å²) in [4.78, 5) is 11.4. The molecule has 1 saturated heterocycles. The van der Waals surface area contributed by atoms with E-state index in [1.807, 2.05) is 13.0 Å². The van der Waals surface area contributed by atoms with E-state index in [-0.39, 0.29) is 19.0 Å². The zero-order valence-corrected chi connectivity index (χ0v) is 16.3. The zero-order valence-electron chi connectivity index (χ0n) is 16.3. The first-order valence-electron chi connectivity index (χ1n) is 9.35. The van der Waals surface area contributed by atoms with Crippen molar-refractivity contribution in [1.29, 1.82) is 0 Å². The standard InChI is InChI=1S/C19H27NO2.C2H3F3/c1-3-18(20)16-10-8-15(9-11-16)6-4-5-7-17-12-14(2)13-19(21)22-17;1-2(3,4)5/h3,8-11,14,17H,4-7,12-13,20H2,1-2H3;1H3/b18-3+;. The molecule has 2 N–H and O–H groups in total. The van der Waals surface area contributed by atoms with Crippen molar-refractivity contribution in [2.45, 2.75) is 71.6 Å². The van der Waals surface area contributed by atoms with Gasteiger partial charge in [0.05, 0.1) is 0 Å². The molecular weight excluding hydrogens is 355 g/mol. The highest BCUT2D eigenvalue weighted by atomic mass is 19.4. The van der Waals surface area contributed by atoms with Crippen molar-refractivity contribution in [2.24, 2.45) is 11.7 Å². The number of unbranched alkanes of at least 4 members (excludes halogenated alkanes) is 1. The van der Waals surface area contributed by atoms with Crippen LogP contribution in [0.25, 0.3) is 5.70 Å². The van der Waals surface area contributed by atoms with Crippen molar-refractivity contribution >= 4 is 11.7 Å². The first-order chi connectivity index (χ1) is 12.6. The number of hydrogen-bond donors (Lipinski definition) is 1. The van der Waals surface area contributed by atoms with E-state index in [2.05, 4.69) is 31.2 Å². The number of benzene rings is 1. The summed E-state index contributed by atoms with van der Waals surface area (Å²) in [6, 6.07) is 8.45. The summed E-state index contributed by atoms with van der Waals surface area (Å²) in [6.07, 6.45) is 3.92. The van der Waals surface area contributed by atoms with Crippen LogP contribution in [0.5, 0.6) is 0 Å². The molecule has 0 spiro atoms. The van der Waals surface area contributed by atoms with Gasteiger partial charge in [0.25, 0.3) is 0 Å². The van der Waals surface area contributed by atoms with Gasteiger partial charge in [-0.05, 0) is 56.1 Å². The number of ether oxygens (including phenoxy) is 1. The minimum atomic E-state index is -4.00. The molecule has 0 saturated carbocycles. The van der Waals surface area contributed by atoms with E-state index >= 15 is 0 Å². The molecule has 1 heterocycles. The molecule has 1 aliphatic rings. The fourth-order valence-corrected chi connectivity index (χ4v) is 3.01. The summed E-state index contributed by atoms with van der Waals surface area (Å²) in [5.41, 5.74) is 9.12. The number of cyclic esters (lactones) is 1. The zero-order chi connectivity index (χ0) is 20.4. The Hall–Kier alpha value is -1.98. The van der Waals surface area contributed by atoms with Crippen molar-refractivity contribution in [2.75, 3.05) is 0 Å². The highest BCUT2D eigenvalue weighted by Gasteiger charge is 2.25. The maximum Gasteiger partial charge on any atom is 0.386 e. The molecule has 2 unspecified atom stereocenters. The lowest BCUT2D eigenvalue weighted by Crippen LogP contribution is -2.28. The summed E-state index contributed by atoms with van der Waals surface area (Å²) >= 11 is 0. The third-order valence-corrected chi connectivity index (χ3v) is 4.32. The Kier molecular flexibility index (Phi) is 9.39. The molecule has 0 bridgehead atoms. The van der Waals surface area contributed by atoms with Gasteiger partial charge in [0.15, 0.2) is 0 Å². The number of esters is 1. The molecule has 1 aromatic rings. The number of allylic oxidation sites excluding steroid dienone is 1. The summed E-state index contributed by atoms with van der Waals surface area (Å²) in [5, 5.41) is 0. The molecule has 3 nitrogen and oxygen atoms in total. The fraction of sp³-hybridized carbons (Fsp3) is 0.571. The minimum absolute atomic E-state index is 0.0269. The molecule has 1 aromatic carbocycles. The molecule has 1 aliphatic heterocycles. The van der Waals surface area contributed by atoms with Gasteiger partial charge < -0.3 is 10.5 Å². The normalized spacial score (nSPS) is 20.5. The van der Waals surface area contributed by atoms with Crippen molar-refractivity contribution in [1.82, 2.24) is 0 Å². The van der Waals surface area contributed by atoms with E-state index in [4.69, 9.17) is 10.5 Å². The average Bonchev–Trinajstić information content (AvgIpc) is 2.56. The van der Waals surface area contributed by atoms with Crippen LogP contribution in [-0.4, -0.2) is 18.2 Å². The van der Waals surface area contributed by atoms with Gasteiger partial charge in [-0.15, -0.1) is 0 Å². The number of rotatable bonds is 6. The Balaban J connectivity index is 0.000000646. The van der Waals surface area contributed by atoms with Gasteiger partial charge in [-0.2, -0.15) is 13.2 Å². The third-order valence-electron chi connectivity index (χ3n) is 4.32. The Morgan fingerprint density at radius 3 is 2.37 bits per heavy atom. The molecule has 0 amide bonds. The van der Waals surface area contributed by atoms with Gasteiger partial charge in [-0.25, -0.2) is 0 Å². The molecule has 27 heavy (non-hydrogen) atoms. The lowest BCUT2D eigenvalue weighted by molar-refractivity contribution is -0.156. The predicted octanol–water partition coefficient (Wildman–Crippen LogP) is 5.63. The van der Waals surface area contributed by atoms with Crippen LogP contribution in [0.2, 0.25) is 0 Å². The maximum absolute atomic E-state index is 11.4. The second kappa shape index (κ2) is 11.0. The van der Waals surface area contributed by atoms with Crippen molar-refractivity contribution < 1.29 is 22.7 Å². The second-order valence-corrected chi connectivity index (χ2v) is 7.12. The molecule has 6 heteroatoms. The van der Waals surface area contributed by atoms with Crippen LogP contribution in [0.1, 0.15) is 64.0 Å². The smallest absolute Gasteiger partial charge is 0.386 e. The quantitative estimate of drug-likeness (QED) is 0.510. The summed E-state index contributed by atoms with van der Waals surface area (Å²) in [6.45, 7) is 4.26. The summed E-state index contributed by atoms with van der Waals surface area (Å²) in [7, 11) is 0. The highest BCUT2D eigenvalue weighted by Crippen LogP contribution is 2.24. The Morgan fingerprint density at radius 1 is 1.26 bits per heavy atom. The summed E-state index contributed by atoms with van der Waals surface area (Å²) < 4.78 is 36.5. The van der Waals surface area contributed by atoms with Crippen LogP contribution < -0.4 is 5.73 Å². The minimum Gasteiger partial charge on any atom is -0.462 e. The maximum atomic E-state index is 11.4. The molecule has 152 valence electrons. The van der Waals surface area contributed by atoms with Gasteiger partial charge in [0.1, 0.15) is 6.10 Å². The van der Waals surface area contributed by atoms with Crippen LogP contribution in [-0.2, 0) is 16.0 Å². The van der Waals surface area contributed by atoms with E-state index in [1.165, 1.54) is 5.56 Å². The van der Waals surface area contributed by atoms with E-state index in [9.17, 15) is 18.0 Å². The van der Waals surface area contributed by atoms with E-state index in [0.717, 1.165) is 43.4 Å². The topological polar surface area (TPSA) is 52.3 Å². The highest BCUT2D eigenvalue weighted by molar-refractivity contribution is 5.70. The largest absolute Gasteiger partial charge is 0.462 e. The van der Waals surface area contributed by atoms with Crippen LogP contribution in [0.15, 0.2) is 30.3 Å². The molecule has 0 aliphatic carbocycles. The monoisotopic (exact) mass is 385 g/mol. The Bertz CT molecular complexity index is 603. The van der Waals surface area contributed by atoms with E-state index in [1.54, 1.807) is 0 Å². The molecule has 2 atom stereocenters. The Morgan fingerprint density at radius 2 is 1.85 bits per heavy atom. The third kappa shape index (κ3) is 10.7. The lowest BCUT2D eigenvalue weighted by Gasteiger charge is -2.26. The van der Waals surface area contributed by atoms with Gasteiger partial charge in [-0.1, -0.05) is 37.3 Å². The number of nitrogens with two attached hydrogens (primary N) is 1. The van der Waals surface area contributed by atoms with Crippen molar-refractivity contribution in [3.63, 3.8) is 0 Å². The number of hydrogen-bond acceptors (Lipinski definition) is 3. The SMILES string of the molecule is C/C=C(/N)c1ccc(CCCCC2CC(C)CC(=O)O2)cc1.CC(F)(F)F. The molecular formula is C21H30F3NO2. The molecule has 0 aromatic heterocycles. The molecule has 1 fully saturated rings. The number of carbonyl (C=O) groups excluding carboxylic acids is 1. The Labute approximate surface area is 159 Å². The van der Waals surface area contributed by atoms with Crippen LogP contribution in [0.4, 0.5) is 13.2 Å². The van der Waals surface area contributed by atoms with Crippen LogP contribution >= 0.6 is 0 Å². The van der Waals surface area contributed by atoms with Crippen LogP contribution in [0.3, 0.4) is 0 Å². The second-order valence-electron chi connectivity index (χ2n) is 7.12. The number of alkyl halides is 3. The average molecular weight is 385 g/mol. The number of aryl methyl sites for hydroxylation is 1. The van der Waals surface area contributed by atoms with Crippen molar-refractivity contribution in [3.05, 3.63) is 41.5 Å². The van der Waals surface area contributed by atoms with Crippen molar-refractivity contribution in [3.8, 4) is 0 Å². The van der Waals surface area contributed by atoms with Gasteiger partial charge in [-0.3, -0.25) is 4.79 Å². The van der Waals surface area contributed by atoms with Gasteiger partial charge in [0.2, 0.25) is 0 Å². The summed E-state index contributed by atoms with van der Waals surface area (Å²) in [5.74, 6) is 0.441. The molecule has 0 radical (unpaired) electrons. The molecule has 2 rings (SSSR count). The van der Waals surface area contributed by atoms with E-state index in [0.29, 0.717) is 12.3 Å². The van der Waals surface area contributed by atoms with Gasteiger partial charge in [0, 0.05) is 19.0 Å². The number of carbonyl (C=O) groups is 1. The van der Waals surface area contributed by atoms with Gasteiger partial charge >= 0.3 is 12.1 Å².